The summed E-state index contributed by atoms with van der Waals surface area (Å²) in [6, 6.07) is 11.4. The zero-order valence-corrected chi connectivity index (χ0v) is 22.2. The van der Waals surface area contributed by atoms with Crippen molar-refractivity contribution in [2.75, 3.05) is 18.2 Å². The van der Waals surface area contributed by atoms with Crippen LogP contribution in [0.2, 0.25) is 10.0 Å². The van der Waals surface area contributed by atoms with Crippen LogP contribution in [0, 0.1) is 5.92 Å². The zero-order valence-electron chi connectivity index (χ0n) is 19.8. The molecule has 8 nitrogen and oxygen atoms in total. The fourth-order valence-corrected chi connectivity index (χ4v) is 4.60. The van der Waals surface area contributed by atoms with Crippen LogP contribution in [0.15, 0.2) is 47.6 Å². The molecule has 1 atom stereocenters. The summed E-state index contributed by atoms with van der Waals surface area (Å²) in [7, 11) is 1.58. The van der Waals surface area contributed by atoms with E-state index in [1.54, 1.807) is 49.6 Å². The van der Waals surface area contributed by atoms with Crippen molar-refractivity contribution in [1.29, 1.82) is 0 Å². The van der Waals surface area contributed by atoms with Gasteiger partial charge in [-0.25, -0.2) is 0 Å². The number of ether oxygens (including phenoxy) is 1. The van der Waals surface area contributed by atoms with E-state index in [0.717, 1.165) is 0 Å². The van der Waals surface area contributed by atoms with Crippen LogP contribution >= 0.6 is 35.0 Å². The molecule has 0 bridgehead atoms. The minimum absolute atomic E-state index is 0.0555. The maximum absolute atomic E-state index is 12.9. The Morgan fingerprint density at radius 2 is 1.83 bits per heavy atom. The monoisotopic (exact) mass is 535 g/mol. The first-order valence-electron chi connectivity index (χ1n) is 11.0. The Labute approximate surface area is 218 Å². The molecule has 11 heteroatoms. The summed E-state index contributed by atoms with van der Waals surface area (Å²) in [5.41, 5.74) is 1.01. The number of nitrogens with one attached hydrogen (secondary N) is 2. The molecule has 0 aliphatic heterocycles. The maximum atomic E-state index is 12.9. The van der Waals surface area contributed by atoms with Gasteiger partial charge < -0.3 is 19.9 Å². The van der Waals surface area contributed by atoms with Crippen LogP contribution in [-0.2, 0) is 11.3 Å². The molecule has 0 fully saturated rings. The maximum Gasteiger partial charge on any atom is 0.251 e. The third-order valence-corrected chi connectivity index (χ3v) is 6.70. The number of thioether (sulfide) groups is 1. The molecule has 186 valence electrons. The van der Waals surface area contributed by atoms with Gasteiger partial charge in [-0.1, -0.05) is 48.8 Å². The second-order valence-electron chi connectivity index (χ2n) is 7.97. The number of hydrogen-bond acceptors (Lipinski definition) is 6. The SMILES string of the molecule is CCn1c(SCC(=O)Nc2ccc(Cl)cc2Cl)nnc1[C@@H](NC(=O)c1ccc(OC)cc1)C(C)C. The molecule has 3 rings (SSSR count). The fraction of sp³-hybridized carbons (Fsp3) is 0.333. The predicted octanol–water partition coefficient (Wildman–Crippen LogP) is 5.47. The number of carbonyl (C=O) groups excluding carboxylic acids is 2. The van der Waals surface area contributed by atoms with E-state index in [4.69, 9.17) is 27.9 Å². The molecule has 3 aromatic rings. The normalized spacial score (nSPS) is 11.9. The number of anilines is 1. The van der Waals surface area contributed by atoms with Gasteiger partial charge in [-0.05, 0) is 55.3 Å². The molecule has 0 spiro atoms. The van der Waals surface area contributed by atoms with Crippen molar-refractivity contribution < 1.29 is 14.3 Å². The van der Waals surface area contributed by atoms with Crippen LogP contribution in [0.4, 0.5) is 5.69 Å². The van der Waals surface area contributed by atoms with Crippen molar-refractivity contribution in [2.24, 2.45) is 5.92 Å². The lowest BCUT2D eigenvalue weighted by atomic mass is 10.0. The zero-order chi connectivity index (χ0) is 25.5. The largest absolute Gasteiger partial charge is 0.497 e. The van der Waals surface area contributed by atoms with Crippen LogP contribution in [-0.4, -0.2) is 39.4 Å². The number of halogens is 2. The quantitative estimate of drug-likeness (QED) is 0.334. The van der Waals surface area contributed by atoms with Crippen LogP contribution < -0.4 is 15.4 Å². The molecule has 0 aliphatic rings. The summed E-state index contributed by atoms with van der Waals surface area (Å²) in [6.07, 6.45) is 0. The Hall–Kier alpha value is -2.75. The molecule has 0 aliphatic carbocycles. The highest BCUT2D eigenvalue weighted by atomic mass is 35.5. The van der Waals surface area contributed by atoms with Gasteiger partial charge in [-0.15, -0.1) is 10.2 Å². The molecule has 2 N–H and O–H groups in total. The van der Waals surface area contributed by atoms with Crippen molar-refractivity contribution in [2.45, 2.75) is 38.5 Å². The first-order valence-corrected chi connectivity index (χ1v) is 12.7. The van der Waals surface area contributed by atoms with Gasteiger partial charge in [-0.2, -0.15) is 0 Å². The van der Waals surface area contributed by atoms with E-state index in [1.165, 1.54) is 11.8 Å². The molecule has 0 radical (unpaired) electrons. The molecule has 2 amide bonds. The van der Waals surface area contributed by atoms with Crippen molar-refractivity contribution in [3.63, 3.8) is 0 Å². The molecule has 35 heavy (non-hydrogen) atoms. The number of rotatable bonds is 10. The Kier molecular flexibility index (Phi) is 9.42. The second-order valence-corrected chi connectivity index (χ2v) is 9.76. The summed E-state index contributed by atoms with van der Waals surface area (Å²) in [4.78, 5) is 25.4. The topological polar surface area (TPSA) is 98.1 Å². The molecular weight excluding hydrogens is 509 g/mol. The molecule has 1 aromatic heterocycles. The number of benzene rings is 2. The van der Waals surface area contributed by atoms with E-state index in [9.17, 15) is 9.59 Å². The van der Waals surface area contributed by atoms with E-state index in [1.807, 2.05) is 25.3 Å². The van der Waals surface area contributed by atoms with Crippen molar-refractivity contribution >= 4 is 52.5 Å². The highest BCUT2D eigenvalue weighted by Crippen LogP contribution is 2.28. The number of aromatic nitrogens is 3. The van der Waals surface area contributed by atoms with E-state index in [2.05, 4.69) is 20.8 Å². The lowest BCUT2D eigenvalue weighted by Gasteiger charge is -2.22. The van der Waals surface area contributed by atoms with Crippen LogP contribution in [0.1, 0.15) is 43.0 Å². The first kappa shape index (κ1) is 26.8. The summed E-state index contributed by atoms with van der Waals surface area (Å²) in [5.74, 6) is 1.02. The molecule has 1 heterocycles. The molecule has 0 saturated heterocycles. The lowest BCUT2D eigenvalue weighted by Crippen LogP contribution is -2.33. The van der Waals surface area contributed by atoms with Gasteiger partial charge in [0.1, 0.15) is 5.75 Å². The van der Waals surface area contributed by atoms with Crippen LogP contribution in [0.5, 0.6) is 5.75 Å². The Morgan fingerprint density at radius 1 is 1.11 bits per heavy atom. The van der Waals surface area contributed by atoms with E-state index < -0.39 is 0 Å². The first-order chi connectivity index (χ1) is 16.7. The third kappa shape index (κ3) is 6.90. The van der Waals surface area contributed by atoms with Gasteiger partial charge in [0.2, 0.25) is 5.91 Å². The summed E-state index contributed by atoms with van der Waals surface area (Å²) >= 11 is 13.3. The summed E-state index contributed by atoms with van der Waals surface area (Å²) in [6.45, 7) is 6.55. The third-order valence-electron chi connectivity index (χ3n) is 5.18. The lowest BCUT2D eigenvalue weighted by molar-refractivity contribution is -0.113. The van der Waals surface area contributed by atoms with Gasteiger partial charge >= 0.3 is 0 Å². The van der Waals surface area contributed by atoms with Crippen LogP contribution in [0.3, 0.4) is 0 Å². The van der Waals surface area contributed by atoms with Crippen LogP contribution in [0.25, 0.3) is 0 Å². The number of hydrogen-bond donors (Lipinski definition) is 2. The highest BCUT2D eigenvalue weighted by molar-refractivity contribution is 7.99. The minimum Gasteiger partial charge on any atom is -0.497 e. The van der Waals surface area contributed by atoms with E-state index in [-0.39, 0.29) is 29.5 Å². The molecule has 0 saturated carbocycles. The molecule has 2 aromatic carbocycles. The van der Waals surface area contributed by atoms with Crippen molar-refractivity contribution in [1.82, 2.24) is 20.1 Å². The van der Waals surface area contributed by atoms with Gasteiger partial charge in [-0.3, -0.25) is 9.59 Å². The molecular formula is C24H27Cl2N5O3S. The standard InChI is InChI=1S/C24H27Cl2N5O3S/c1-5-31-22(21(14(2)3)28-23(33)15-6-9-17(34-4)10-7-15)29-30-24(31)35-13-20(32)27-19-11-8-16(25)12-18(19)26/h6-12,14,21H,5,13H2,1-4H3,(H,27,32)(H,28,33)/t21-/m0/s1. The minimum atomic E-state index is -0.367. The van der Waals surface area contributed by atoms with Gasteiger partial charge in [0.15, 0.2) is 11.0 Å². The average molecular weight is 536 g/mol. The fourth-order valence-electron chi connectivity index (χ4n) is 3.34. The summed E-state index contributed by atoms with van der Waals surface area (Å²) < 4.78 is 7.07. The van der Waals surface area contributed by atoms with Crippen molar-refractivity contribution in [3.8, 4) is 5.75 Å². The number of nitrogens with zero attached hydrogens (tertiary/aromatic N) is 3. The Bertz CT molecular complexity index is 1180. The summed E-state index contributed by atoms with van der Waals surface area (Å²) in [5, 5.41) is 15.9. The average Bonchev–Trinajstić information content (AvgIpc) is 3.25. The predicted molar refractivity (Wildman–Crippen MR) is 140 cm³/mol. The van der Waals surface area contributed by atoms with E-state index in [0.29, 0.717) is 44.6 Å². The Balaban J connectivity index is 1.70. The van der Waals surface area contributed by atoms with Gasteiger partial charge in [0, 0.05) is 17.1 Å². The number of carbonyl (C=O) groups is 2. The Morgan fingerprint density at radius 3 is 2.43 bits per heavy atom. The highest BCUT2D eigenvalue weighted by Gasteiger charge is 2.26. The van der Waals surface area contributed by atoms with Gasteiger partial charge in [0.05, 0.1) is 29.6 Å². The second kappa shape index (κ2) is 12.3. The smallest absolute Gasteiger partial charge is 0.251 e. The molecule has 0 unspecified atom stereocenters. The van der Waals surface area contributed by atoms with Crippen molar-refractivity contribution in [3.05, 3.63) is 63.9 Å². The number of amides is 2. The number of methoxy groups -OCH3 is 1. The van der Waals surface area contributed by atoms with E-state index >= 15 is 0 Å². The van der Waals surface area contributed by atoms with Gasteiger partial charge in [0.25, 0.3) is 5.91 Å².